The fraction of sp³-hybridized carbons (Fsp3) is 0.857. The Morgan fingerprint density at radius 3 is 2.31 bits per heavy atom. The van der Waals surface area contributed by atoms with E-state index in [9.17, 15) is 4.79 Å². The molecule has 0 rings (SSSR count). The lowest BCUT2D eigenvalue weighted by molar-refractivity contribution is -0.492. The third-order valence-electron chi connectivity index (χ3n) is 1.49. The van der Waals surface area contributed by atoms with E-state index in [1.54, 1.807) is 0 Å². The topological polar surface area (TPSA) is 90.2 Å². The SMILES string of the molecule is O=C(O)CCCCCCON(O)O. The highest BCUT2D eigenvalue weighted by Crippen LogP contribution is 2.03. The Balaban J connectivity index is 2.96. The molecule has 0 aliphatic heterocycles. The van der Waals surface area contributed by atoms with Crippen LogP contribution in [-0.2, 0) is 9.63 Å². The fourth-order valence-corrected chi connectivity index (χ4v) is 0.878. The van der Waals surface area contributed by atoms with Crippen molar-refractivity contribution in [2.75, 3.05) is 6.61 Å². The standard InChI is InChI=1S/C7H15NO5/c9-7(10)5-3-1-2-4-6-13-8(11)12/h11-12H,1-6H2,(H,9,10). The molecule has 3 N–H and O–H groups in total. The molecule has 78 valence electrons. The van der Waals surface area contributed by atoms with E-state index in [4.69, 9.17) is 15.5 Å². The molecule has 0 aromatic heterocycles. The summed E-state index contributed by atoms with van der Waals surface area (Å²) < 4.78 is 0. The van der Waals surface area contributed by atoms with Crippen LogP contribution in [0.3, 0.4) is 0 Å². The number of nitrogens with zero attached hydrogens (tertiary/aromatic N) is 1. The first-order valence-electron chi connectivity index (χ1n) is 4.15. The summed E-state index contributed by atoms with van der Waals surface area (Å²) in [6, 6.07) is 0. The van der Waals surface area contributed by atoms with Crippen LogP contribution in [0.4, 0.5) is 0 Å². The van der Waals surface area contributed by atoms with Crippen LogP contribution in [0.25, 0.3) is 0 Å². The summed E-state index contributed by atoms with van der Waals surface area (Å²) in [5.41, 5.74) is 0. The second-order valence-electron chi connectivity index (χ2n) is 2.64. The van der Waals surface area contributed by atoms with Crippen molar-refractivity contribution < 1.29 is 25.2 Å². The second-order valence-corrected chi connectivity index (χ2v) is 2.64. The fourth-order valence-electron chi connectivity index (χ4n) is 0.878. The van der Waals surface area contributed by atoms with Crippen LogP contribution in [0.15, 0.2) is 0 Å². The Labute approximate surface area is 76.2 Å². The van der Waals surface area contributed by atoms with Crippen LogP contribution >= 0.6 is 0 Å². The monoisotopic (exact) mass is 193 g/mol. The Kier molecular flexibility index (Phi) is 7.51. The van der Waals surface area contributed by atoms with Gasteiger partial charge in [-0.1, -0.05) is 12.8 Å². The highest BCUT2D eigenvalue weighted by molar-refractivity contribution is 5.66. The van der Waals surface area contributed by atoms with Gasteiger partial charge >= 0.3 is 5.97 Å². The Hall–Kier alpha value is -0.690. The van der Waals surface area contributed by atoms with Crippen LogP contribution in [0.1, 0.15) is 32.1 Å². The summed E-state index contributed by atoms with van der Waals surface area (Å²) >= 11 is 0. The number of aliphatic carboxylic acids is 1. The van der Waals surface area contributed by atoms with Gasteiger partial charge in [-0.3, -0.25) is 20.0 Å². The molecule has 0 heterocycles. The van der Waals surface area contributed by atoms with Crippen molar-refractivity contribution in [2.45, 2.75) is 32.1 Å². The Morgan fingerprint density at radius 2 is 1.77 bits per heavy atom. The third kappa shape index (κ3) is 11.3. The van der Waals surface area contributed by atoms with E-state index >= 15 is 0 Å². The van der Waals surface area contributed by atoms with Gasteiger partial charge in [0.2, 0.25) is 0 Å². The van der Waals surface area contributed by atoms with Crippen molar-refractivity contribution in [1.29, 1.82) is 0 Å². The van der Waals surface area contributed by atoms with Crippen molar-refractivity contribution >= 4 is 5.97 Å². The van der Waals surface area contributed by atoms with Crippen molar-refractivity contribution in [3.63, 3.8) is 0 Å². The zero-order chi connectivity index (χ0) is 10.1. The van der Waals surface area contributed by atoms with E-state index in [0.717, 1.165) is 12.8 Å². The van der Waals surface area contributed by atoms with Gasteiger partial charge in [-0.2, -0.15) is 0 Å². The predicted octanol–water partition coefficient (Wildman–Crippen LogP) is 1.03. The molecule has 0 fully saturated rings. The van der Waals surface area contributed by atoms with Crippen LogP contribution in [0, 0.1) is 0 Å². The molecule has 0 aromatic rings. The van der Waals surface area contributed by atoms with Crippen molar-refractivity contribution in [3.8, 4) is 0 Å². The number of carboxylic acids is 1. The Morgan fingerprint density at radius 1 is 1.15 bits per heavy atom. The quantitative estimate of drug-likeness (QED) is 0.394. The Bertz CT molecular complexity index is 139. The van der Waals surface area contributed by atoms with Crippen LogP contribution < -0.4 is 0 Å². The van der Waals surface area contributed by atoms with E-state index in [1.807, 2.05) is 0 Å². The van der Waals surface area contributed by atoms with Gasteiger partial charge in [-0.05, 0) is 12.8 Å². The van der Waals surface area contributed by atoms with Gasteiger partial charge < -0.3 is 5.11 Å². The minimum Gasteiger partial charge on any atom is -0.481 e. The molecule has 0 radical (unpaired) electrons. The zero-order valence-corrected chi connectivity index (χ0v) is 7.35. The number of hydrogen-bond donors (Lipinski definition) is 3. The molecule has 0 saturated heterocycles. The second kappa shape index (κ2) is 7.93. The smallest absolute Gasteiger partial charge is 0.303 e. The first kappa shape index (κ1) is 12.3. The lowest BCUT2D eigenvalue weighted by Gasteiger charge is -2.05. The molecule has 0 bridgehead atoms. The summed E-state index contributed by atoms with van der Waals surface area (Å²) in [6.07, 6.45) is 3.15. The van der Waals surface area contributed by atoms with E-state index in [-0.39, 0.29) is 18.4 Å². The summed E-state index contributed by atoms with van der Waals surface area (Å²) in [4.78, 5) is 14.4. The van der Waals surface area contributed by atoms with Gasteiger partial charge in [0, 0.05) is 6.42 Å². The van der Waals surface area contributed by atoms with Crippen molar-refractivity contribution in [3.05, 3.63) is 0 Å². The first-order chi connectivity index (χ1) is 6.13. The number of unbranched alkanes of at least 4 members (excludes halogenated alkanes) is 3. The highest BCUT2D eigenvalue weighted by atomic mass is 17.1. The molecule has 0 spiro atoms. The third-order valence-corrected chi connectivity index (χ3v) is 1.49. The number of carboxylic acid groups (broad SMARTS) is 1. The molecule has 0 saturated carbocycles. The summed E-state index contributed by atoms with van der Waals surface area (Å²) in [7, 11) is 0. The molecule has 0 aliphatic carbocycles. The number of carbonyl (C=O) groups is 1. The lowest BCUT2D eigenvalue weighted by atomic mass is 10.1. The lowest BCUT2D eigenvalue weighted by Crippen LogP contribution is -2.14. The molecule has 13 heavy (non-hydrogen) atoms. The average Bonchev–Trinajstić information content (AvgIpc) is 2.01. The molecule has 6 nitrogen and oxygen atoms in total. The molecular formula is C7H15NO5. The van der Waals surface area contributed by atoms with Crippen LogP contribution in [-0.4, -0.2) is 33.5 Å². The highest BCUT2D eigenvalue weighted by Gasteiger charge is 1.97. The predicted molar refractivity (Wildman–Crippen MR) is 42.1 cm³/mol. The van der Waals surface area contributed by atoms with Gasteiger partial charge in [0.15, 0.2) is 0 Å². The largest absolute Gasteiger partial charge is 0.481 e. The van der Waals surface area contributed by atoms with Gasteiger partial charge in [0.25, 0.3) is 0 Å². The minimum atomic E-state index is -0.784. The number of hydrogen-bond acceptors (Lipinski definition) is 5. The molecule has 0 amide bonds. The van der Waals surface area contributed by atoms with Crippen molar-refractivity contribution in [2.24, 2.45) is 0 Å². The molecule has 6 heteroatoms. The van der Waals surface area contributed by atoms with E-state index in [1.165, 1.54) is 0 Å². The molecule has 0 aromatic carbocycles. The molecule has 0 unspecified atom stereocenters. The summed E-state index contributed by atoms with van der Waals surface area (Å²) in [5, 5.41) is 24.2. The van der Waals surface area contributed by atoms with E-state index in [2.05, 4.69) is 4.84 Å². The van der Waals surface area contributed by atoms with Gasteiger partial charge in [0.1, 0.15) is 0 Å². The summed E-state index contributed by atoms with van der Waals surface area (Å²) in [5.74, 6) is -0.784. The molecule has 0 aliphatic rings. The van der Waals surface area contributed by atoms with Gasteiger partial charge in [-0.25, -0.2) is 0 Å². The summed E-state index contributed by atoms with van der Waals surface area (Å²) in [6.45, 7) is 0.222. The molecule has 0 atom stereocenters. The van der Waals surface area contributed by atoms with Crippen molar-refractivity contribution in [1.82, 2.24) is 5.39 Å². The average molecular weight is 193 g/mol. The van der Waals surface area contributed by atoms with E-state index < -0.39 is 5.97 Å². The van der Waals surface area contributed by atoms with E-state index in [0.29, 0.717) is 12.8 Å². The van der Waals surface area contributed by atoms with Gasteiger partial charge in [-0.15, -0.1) is 0 Å². The van der Waals surface area contributed by atoms with Crippen LogP contribution in [0.5, 0.6) is 0 Å². The zero-order valence-electron chi connectivity index (χ0n) is 7.35. The maximum absolute atomic E-state index is 10.1. The number of rotatable bonds is 8. The van der Waals surface area contributed by atoms with Gasteiger partial charge in [0.05, 0.1) is 12.0 Å². The minimum absolute atomic E-state index is 0.187. The van der Waals surface area contributed by atoms with Crippen LogP contribution in [0.2, 0.25) is 0 Å². The maximum Gasteiger partial charge on any atom is 0.303 e. The first-order valence-corrected chi connectivity index (χ1v) is 4.15. The molecular weight excluding hydrogens is 178 g/mol. The normalized spacial score (nSPS) is 10.7. The maximum atomic E-state index is 10.1.